The van der Waals surface area contributed by atoms with Crippen molar-refractivity contribution in [1.82, 2.24) is 0 Å². The summed E-state index contributed by atoms with van der Waals surface area (Å²) >= 11 is 0. The first-order valence-electron chi connectivity index (χ1n) is 30.2. The summed E-state index contributed by atoms with van der Waals surface area (Å²) in [6, 6.07) is 0. The van der Waals surface area contributed by atoms with Crippen molar-refractivity contribution in [1.29, 1.82) is 0 Å². The Morgan fingerprint density at radius 3 is 0.818 bits per heavy atom. The molecular weight excluding hydrogens is 813 g/mol. The lowest BCUT2D eigenvalue weighted by atomic mass is 10.0. The third-order valence-corrected chi connectivity index (χ3v) is 14.1. The fraction of sp³-hybridized carbons (Fsp3) is 0.934. The third kappa shape index (κ3) is 55.2. The molecule has 5 nitrogen and oxygen atoms in total. The molecule has 0 amide bonds. The fourth-order valence-corrected chi connectivity index (χ4v) is 9.50. The van der Waals surface area contributed by atoms with E-state index in [1.807, 2.05) is 0 Å². The van der Waals surface area contributed by atoms with Gasteiger partial charge in [0.1, 0.15) is 6.61 Å². The van der Waals surface area contributed by atoms with Crippen LogP contribution in [0.1, 0.15) is 348 Å². The summed E-state index contributed by atoms with van der Waals surface area (Å²) < 4.78 is 10.7. The van der Waals surface area contributed by atoms with Gasteiger partial charge < -0.3 is 14.6 Å². The molecule has 0 rings (SSSR count). The van der Waals surface area contributed by atoms with E-state index in [0.29, 0.717) is 12.8 Å². The Morgan fingerprint density at radius 1 is 0.333 bits per heavy atom. The minimum atomic E-state index is -0.766. The van der Waals surface area contributed by atoms with Crippen LogP contribution in [0, 0.1) is 0 Å². The van der Waals surface area contributed by atoms with Crippen molar-refractivity contribution in [3.8, 4) is 0 Å². The first-order chi connectivity index (χ1) is 32.6. The molecule has 66 heavy (non-hydrogen) atoms. The van der Waals surface area contributed by atoms with Gasteiger partial charge in [0, 0.05) is 12.8 Å². The zero-order valence-corrected chi connectivity index (χ0v) is 45.0. The fourth-order valence-electron chi connectivity index (χ4n) is 9.50. The molecule has 0 aliphatic heterocycles. The molecule has 1 atom stereocenters. The predicted octanol–water partition coefficient (Wildman–Crippen LogP) is 20.3. The van der Waals surface area contributed by atoms with Gasteiger partial charge >= 0.3 is 11.9 Å². The summed E-state index contributed by atoms with van der Waals surface area (Å²) in [4.78, 5) is 24.5. The van der Waals surface area contributed by atoms with Crippen molar-refractivity contribution in [3.63, 3.8) is 0 Å². The van der Waals surface area contributed by atoms with Crippen molar-refractivity contribution < 1.29 is 24.2 Å². The Hall–Kier alpha value is -1.36. The van der Waals surface area contributed by atoms with Gasteiger partial charge in [-0.2, -0.15) is 0 Å². The molecule has 0 aliphatic carbocycles. The van der Waals surface area contributed by atoms with Gasteiger partial charge in [-0.25, -0.2) is 0 Å². The highest BCUT2D eigenvalue weighted by atomic mass is 16.6. The molecule has 1 N–H and O–H groups in total. The van der Waals surface area contributed by atoms with Gasteiger partial charge in [-0.15, -0.1) is 0 Å². The highest BCUT2D eigenvalue weighted by Gasteiger charge is 2.16. The minimum Gasteiger partial charge on any atom is -0.462 e. The predicted molar refractivity (Wildman–Crippen MR) is 288 cm³/mol. The Bertz CT molecular complexity index is 963. The van der Waals surface area contributed by atoms with E-state index >= 15 is 0 Å². The normalized spacial score (nSPS) is 12.1. The topological polar surface area (TPSA) is 72.8 Å². The number of hydrogen-bond acceptors (Lipinski definition) is 5. The second-order valence-corrected chi connectivity index (χ2v) is 20.8. The second kappa shape index (κ2) is 58.0. The molecule has 0 aromatic rings. The number of allylic oxidation sites excluding steroid dienone is 2. The van der Waals surface area contributed by atoms with Crippen LogP contribution in [0.2, 0.25) is 0 Å². The van der Waals surface area contributed by atoms with Crippen LogP contribution in [-0.2, 0) is 19.1 Å². The van der Waals surface area contributed by atoms with Crippen LogP contribution in [0.5, 0.6) is 0 Å². The van der Waals surface area contributed by atoms with Crippen molar-refractivity contribution in [2.75, 3.05) is 13.2 Å². The minimum absolute atomic E-state index is 0.0570. The summed E-state index contributed by atoms with van der Waals surface area (Å²) in [6.45, 7) is 4.20. The Kier molecular flexibility index (Phi) is 56.8. The van der Waals surface area contributed by atoms with Gasteiger partial charge in [0.15, 0.2) is 6.10 Å². The van der Waals surface area contributed by atoms with Crippen molar-refractivity contribution >= 4 is 11.9 Å². The number of unbranched alkanes of at least 4 members (excludes halogenated alkanes) is 47. The van der Waals surface area contributed by atoms with Gasteiger partial charge in [-0.1, -0.05) is 309 Å². The van der Waals surface area contributed by atoms with E-state index < -0.39 is 6.10 Å². The summed E-state index contributed by atoms with van der Waals surface area (Å²) in [6.07, 6.45) is 72.1. The highest BCUT2D eigenvalue weighted by Crippen LogP contribution is 2.18. The molecule has 0 aromatic carbocycles. The summed E-state index contributed by atoms with van der Waals surface area (Å²) in [5.41, 5.74) is 0. The monoisotopic (exact) mass is 931 g/mol. The van der Waals surface area contributed by atoms with E-state index in [9.17, 15) is 14.7 Å². The number of aliphatic hydroxyl groups is 1. The van der Waals surface area contributed by atoms with E-state index in [-0.39, 0.29) is 25.2 Å². The molecule has 0 bridgehead atoms. The van der Waals surface area contributed by atoms with Crippen LogP contribution >= 0.6 is 0 Å². The molecule has 0 aliphatic rings. The highest BCUT2D eigenvalue weighted by molar-refractivity contribution is 5.70. The van der Waals surface area contributed by atoms with E-state index in [4.69, 9.17) is 9.47 Å². The first kappa shape index (κ1) is 64.6. The molecule has 1 unspecified atom stereocenters. The number of esters is 2. The Balaban J connectivity index is 3.39. The van der Waals surface area contributed by atoms with Crippen LogP contribution in [0.25, 0.3) is 0 Å². The second-order valence-electron chi connectivity index (χ2n) is 20.8. The molecule has 0 saturated heterocycles. The van der Waals surface area contributed by atoms with Crippen LogP contribution in [0.3, 0.4) is 0 Å². The van der Waals surface area contributed by atoms with Gasteiger partial charge in [-0.3, -0.25) is 9.59 Å². The third-order valence-electron chi connectivity index (χ3n) is 14.1. The van der Waals surface area contributed by atoms with Crippen LogP contribution in [0.15, 0.2) is 12.2 Å². The maximum Gasteiger partial charge on any atom is 0.306 e. The summed E-state index contributed by atoms with van der Waals surface area (Å²) in [5.74, 6) is -0.565. The average molecular weight is 932 g/mol. The van der Waals surface area contributed by atoms with Crippen molar-refractivity contribution in [3.05, 3.63) is 12.2 Å². The van der Waals surface area contributed by atoms with Gasteiger partial charge in [0.25, 0.3) is 0 Å². The molecule has 0 spiro atoms. The molecule has 0 aromatic heterocycles. The zero-order chi connectivity index (χ0) is 47.7. The number of hydrogen-bond donors (Lipinski definition) is 1. The van der Waals surface area contributed by atoms with Gasteiger partial charge in [-0.05, 0) is 38.5 Å². The number of carbonyl (C=O) groups is 2. The zero-order valence-electron chi connectivity index (χ0n) is 45.0. The lowest BCUT2D eigenvalue weighted by Crippen LogP contribution is -2.28. The maximum absolute atomic E-state index is 12.3. The molecular formula is C61H118O5. The quantitative estimate of drug-likeness (QED) is 0.0374. The van der Waals surface area contributed by atoms with Crippen molar-refractivity contribution in [2.24, 2.45) is 0 Å². The first-order valence-corrected chi connectivity index (χ1v) is 30.2. The lowest BCUT2D eigenvalue weighted by Gasteiger charge is -2.15. The summed E-state index contributed by atoms with van der Waals surface area (Å²) in [5, 5.41) is 9.66. The van der Waals surface area contributed by atoms with Crippen molar-refractivity contribution in [2.45, 2.75) is 354 Å². The standard InChI is InChI=1S/C61H118O5/c1-3-5-7-9-11-13-15-17-19-21-23-25-26-27-28-29-30-31-32-33-34-36-38-40-42-44-46-48-50-52-54-56-61(64)66-59(57-62)58-65-60(63)55-53-51-49-47-45-43-41-39-37-35-24-22-20-18-16-14-12-10-8-6-4-2/h21,23,59,62H,3-20,22,24-58H2,1-2H3/b23-21-. The Morgan fingerprint density at radius 2 is 0.561 bits per heavy atom. The average Bonchev–Trinajstić information content (AvgIpc) is 3.32. The number of ether oxygens (including phenoxy) is 2. The molecule has 5 heteroatoms. The van der Waals surface area contributed by atoms with Crippen LogP contribution < -0.4 is 0 Å². The van der Waals surface area contributed by atoms with Gasteiger partial charge in [0.05, 0.1) is 6.61 Å². The summed E-state index contributed by atoms with van der Waals surface area (Å²) in [7, 11) is 0. The number of carbonyl (C=O) groups excluding carboxylic acids is 2. The Labute approximate surface area is 413 Å². The number of aliphatic hydroxyl groups excluding tert-OH is 1. The van der Waals surface area contributed by atoms with E-state index in [1.165, 1.54) is 289 Å². The molecule has 0 radical (unpaired) electrons. The van der Waals surface area contributed by atoms with E-state index in [2.05, 4.69) is 26.0 Å². The van der Waals surface area contributed by atoms with E-state index in [0.717, 1.165) is 32.1 Å². The largest absolute Gasteiger partial charge is 0.462 e. The molecule has 392 valence electrons. The van der Waals surface area contributed by atoms with Gasteiger partial charge in [0.2, 0.25) is 0 Å². The maximum atomic E-state index is 12.3. The van der Waals surface area contributed by atoms with Crippen LogP contribution in [-0.4, -0.2) is 36.4 Å². The smallest absolute Gasteiger partial charge is 0.306 e. The molecule has 0 fully saturated rings. The molecule has 0 saturated carbocycles. The number of rotatable bonds is 57. The SMILES string of the molecule is CCCCCCCCCC/C=C\CCCCCCCCCCCCCCCCCCCCCC(=O)OC(CO)COC(=O)CCCCCCCCCCCCCCCCCCCCCCC. The molecule has 0 heterocycles. The van der Waals surface area contributed by atoms with Crippen LogP contribution in [0.4, 0.5) is 0 Å². The lowest BCUT2D eigenvalue weighted by molar-refractivity contribution is -0.161. The van der Waals surface area contributed by atoms with E-state index in [1.54, 1.807) is 0 Å².